The van der Waals surface area contributed by atoms with Crippen LogP contribution in [0.3, 0.4) is 0 Å². The number of hydrogen-bond acceptors (Lipinski definition) is 2. The average molecular weight is 347 g/mol. The van der Waals surface area contributed by atoms with Crippen molar-refractivity contribution in [3.63, 3.8) is 0 Å². The van der Waals surface area contributed by atoms with Gasteiger partial charge < -0.3 is 4.98 Å². The molecule has 0 radical (unpaired) electrons. The van der Waals surface area contributed by atoms with Crippen LogP contribution in [-0.4, -0.2) is 17.1 Å². The predicted octanol–water partition coefficient (Wildman–Crippen LogP) is 4.55. The first-order valence-corrected chi connectivity index (χ1v) is 8.91. The molecule has 0 aliphatic rings. The van der Waals surface area contributed by atoms with Crippen molar-refractivity contribution in [2.45, 2.75) is 39.0 Å². The monoisotopic (exact) mass is 347 g/mol. The molecule has 0 aliphatic carbocycles. The minimum absolute atomic E-state index is 0.0915. The molecule has 0 aliphatic heterocycles. The van der Waals surface area contributed by atoms with E-state index in [-0.39, 0.29) is 11.3 Å². The fraction of sp³-hybridized carbons (Fsp3) is 0.273. The zero-order chi connectivity index (χ0) is 18.6. The first kappa shape index (κ1) is 17.9. The van der Waals surface area contributed by atoms with E-state index >= 15 is 0 Å². The molecule has 3 rings (SSSR count). The summed E-state index contributed by atoms with van der Waals surface area (Å²) in [6, 6.07) is 18.4. The van der Waals surface area contributed by atoms with Crippen LogP contribution in [0.1, 0.15) is 44.0 Å². The van der Waals surface area contributed by atoms with E-state index in [0.717, 1.165) is 16.8 Å². The topological polar surface area (TPSA) is 57.2 Å². The number of hydrazone groups is 1. The van der Waals surface area contributed by atoms with Crippen molar-refractivity contribution in [1.29, 1.82) is 0 Å². The lowest BCUT2D eigenvalue weighted by atomic mass is 9.87. The van der Waals surface area contributed by atoms with Gasteiger partial charge in [-0.3, -0.25) is 4.79 Å². The number of carbonyl (C=O) groups is 1. The van der Waals surface area contributed by atoms with Crippen molar-refractivity contribution in [3.05, 3.63) is 71.4 Å². The molecular formula is C22H25N3O. The molecule has 0 bridgehead atoms. The Morgan fingerprint density at radius 2 is 1.85 bits per heavy atom. The second-order valence-electron chi connectivity index (χ2n) is 7.55. The highest BCUT2D eigenvalue weighted by molar-refractivity contribution is 5.83. The molecule has 0 spiro atoms. The number of aromatic nitrogens is 1. The fourth-order valence-electron chi connectivity index (χ4n) is 2.82. The quantitative estimate of drug-likeness (QED) is 0.516. The highest BCUT2D eigenvalue weighted by atomic mass is 16.2. The van der Waals surface area contributed by atoms with Crippen LogP contribution >= 0.6 is 0 Å². The van der Waals surface area contributed by atoms with Crippen LogP contribution in [0.25, 0.3) is 10.9 Å². The van der Waals surface area contributed by atoms with Gasteiger partial charge in [0.15, 0.2) is 0 Å². The third kappa shape index (κ3) is 4.60. The molecular weight excluding hydrogens is 322 g/mol. The largest absolute Gasteiger partial charge is 0.358 e. The Hall–Kier alpha value is -2.88. The summed E-state index contributed by atoms with van der Waals surface area (Å²) in [4.78, 5) is 15.3. The van der Waals surface area contributed by atoms with Crippen LogP contribution in [0.2, 0.25) is 0 Å². The van der Waals surface area contributed by atoms with Gasteiger partial charge in [0.1, 0.15) is 0 Å². The third-order valence-corrected chi connectivity index (χ3v) is 4.39. The molecule has 26 heavy (non-hydrogen) atoms. The minimum atomic E-state index is -0.0915. The van der Waals surface area contributed by atoms with Crippen LogP contribution in [0, 0.1) is 0 Å². The Balaban J connectivity index is 1.49. The summed E-state index contributed by atoms with van der Waals surface area (Å²) in [7, 11) is 0. The summed E-state index contributed by atoms with van der Waals surface area (Å²) in [5.74, 6) is -0.0915. The summed E-state index contributed by atoms with van der Waals surface area (Å²) in [6.45, 7) is 6.55. The Labute approximate surface area is 154 Å². The number of para-hydroxylation sites is 1. The van der Waals surface area contributed by atoms with E-state index in [1.54, 1.807) is 6.21 Å². The molecule has 0 saturated carbocycles. The zero-order valence-electron chi connectivity index (χ0n) is 15.5. The molecule has 2 N–H and O–H groups in total. The van der Waals surface area contributed by atoms with Crippen molar-refractivity contribution in [1.82, 2.24) is 10.4 Å². The first-order chi connectivity index (χ1) is 12.4. The van der Waals surface area contributed by atoms with Crippen molar-refractivity contribution >= 4 is 23.0 Å². The SMILES string of the molecule is CC(C)(C)c1ccc(/C=N/NC(=O)CCc2cc3ccccc3[nH]2)cc1. The summed E-state index contributed by atoms with van der Waals surface area (Å²) in [6.07, 6.45) is 2.73. The van der Waals surface area contributed by atoms with E-state index in [4.69, 9.17) is 0 Å². The molecule has 0 fully saturated rings. The number of fused-ring (bicyclic) bond motifs is 1. The number of rotatable bonds is 5. The normalized spacial score (nSPS) is 12.0. The van der Waals surface area contributed by atoms with Crippen molar-refractivity contribution in [2.75, 3.05) is 0 Å². The zero-order valence-corrected chi connectivity index (χ0v) is 15.5. The molecule has 1 heterocycles. The lowest BCUT2D eigenvalue weighted by Gasteiger charge is -2.18. The van der Waals surface area contributed by atoms with Crippen molar-refractivity contribution in [2.24, 2.45) is 5.10 Å². The molecule has 2 aromatic carbocycles. The molecule has 4 heteroatoms. The highest BCUT2D eigenvalue weighted by Gasteiger charge is 2.12. The summed E-state index contributed by atoms with van der Waals surface area (Å²) >= 11 is 0. The van der Waals surface area contributed by atoms with Gasteiger partial charge in [0.2, 0.25) is 5.91 Å². The van der Waals surface area contributed by atoms with Gasteiger partial charge in [0.05, 0.1) is 6.21 Å². The van der Waals surface area contributed by atoms with Gasteiger partial charge in [-0.25, -0.2) is 5.43 Å². The first-order valence-electron chi connectivity index (χ1n) is 8.91. The molecule has 1 aromatic heterocycles. The van der Waals surface area contributed by atoms with Crippen LogP contribution in [0.4, 0.5) is 0 Å². The Kier molecular flexibility index (Phi) is 5.21. The van der Waals surface area contributed by atoms with Crippen molar-refractivity contribution < 1.29 is 4.79 Å². The summed E-state index contributed by atoms with van der Waals surface area (Å²) < 4.78 is 0. The van der Waals surface area contributed by atoms with Crippen LogP contribution in [0.5, 0.6) is 0 Å². The number of aryl methyl sites for hydroxylation is 1. The van der Waals surface area contributed by atoms with Gasteiger partial charge in [-0.1, -0.05) is 63.2 Å². The maximum absolute atomic E-state index is 12.0. The van der Waals surface area contributed by atoms with E-state index in [9.17, 15) is 4.79 Å². The number of benzene rings is 2. The molecule has 0 unspecified atom stereocenters. The lowest BCUT2D eigenvalue weighted by molar-refractivity contribution is -0.121. The van der Waals surface area contributed by atoms with Gasteiger partial charge in [-0.15, -0.1) is 0 Å². The predicted molar refractivity (Wildman–Crippen MR) is 107 cm³/mol. The molecule has 134 valence electrons. The number of nitrogens with zero attached hydrogens (tertiary/aromatic N) is 1. The van der Waals surface area contributed by atoms with E-state index in [2.05, 4.69) is 60.5 Å². The number of amides is 1. The van der Waals surface area contributed by atoms with E-state index in [0.29, 0.717) is 12.8 Å². The average Bonchev–Trinajstić information content (AvgIpc) is 3.03. The van der Waals surface area contributed by atoms with Crippen LogP contribution in [-0.2, 0) is 16.6 Å². The maximum atomic E-state index is 12.0. The Morgan fingerprint density at radius 1 is 1.12 bits per heavy atom. The smallest absolute Gasteiger partial charge is 0.240 e. The van der Waals surface area contributed by atoms with Gasteiger partial charge in [-0.2, -0.15) is 5.10 Å². The van der Waals surface area contributed by atoms with Gasteiger partial charge >= 0.3 is 0 Å². The van der Waals surface area contributed by atoms with Crippen molar-refractivity contribution in [3.8, 4) is 0 Å². The lowest BCUT2D eigenvalue weighted by Crippen LogP contribution is -2.18. The maximum Gasteiger partial charge on any atom is 0.240 e. The second kappa shape index (κ2) is 7.56. The molecule has 3 aromatic rings. The standard InChI is InChI=1S/C22H25N3O/c1-22(2,3)18-10-8-16(9-11-18)15-23-25-21(26)13-12-19-14-17-6-4-5-7-20(17)24-19/h4-11,14-15,24H,12-13H2,1-3H3,(H,25,26)/b23-15+. The third-order valence-electron chi connectivity index (χ3n) is 4.39. The van der Waals surface area contributed by atoms with E-state index < -0.39 is 0 Å². The van der Waals surface area contributed by atoms with Crippen LogP contribution in [0.15, 0.2) is 59.7 Å². The minimum Gasteiger partial charge on any atom is -0.358 e. The highest BCUT2D eigenvalue weighted by Crippen LogP contribution is 2.21. The number of aromatic amines is 1. The number of H-pyrrole nitrogens is 1. The summed E-state index contributed by atoms with van der Waals surface area (Å²) in [5, 5.41) is 5.22. The Bertz CT molecular complexity index is 881. The van der Waals surface area contributed by atoms with Crippen LogP contribution < -0.4 is 5.43 Å². The van der Waals surface area contributed by atoms with E-state index in [1.807, 2.05) is 30.3 Å². The van der Waals surface area contributed by atoms with Gasteiger partial charge in [0.25, 0.3) is 0 Å². The van der Waals surface area contributed by atoms with Gasteiger partial charge in [0, 0.05) is 17.6 Å². The number of carbonyl (C=O) groups excluding carboxylic acids is 1. The molecule has 0 atom stereocenters. The second-order valence-corrected chi connectivity index (χ2v) is 7.55. The number of nitrogens with one attached hydrogen (secondary N) is 2. The molecule has 4 nitrogen and oxygen atoms in total. The van der Waals surface area contributed by atoms with Gasteiger partial charge in [-0.05, 0) is 40.5 Å². The number of hydrogen-bond donors (Lipinski definition) is 2. The summed E-state index contributed by atoms with van der Waals surface area (Å²) in [5.41, 5.74) is 7.12. The Morgan fingerprint density at radius 3 is 2.54 bits per heavy atom. The fourth-order valence-corrected chi connectivity index (χ4v) is 2.82. The molecule has 1 amide bonds. The molecule has 0 saturated heterocycles. The van der Waals surface area contributed by atoms with E-state index in [1.165, 1.54) is 10.9 Å².